The molecule has 6 nitrogen and oxygen atoms in total. The van der Waals surface area contributed by atoms with Gasteiger partial charge in [-0.1, -0.05) is 12.1 Å². The third kappa shape index (κ3) is 3.64. The lowest BCUT2D eigenvalue weighted by atomic mass is 10.0. The van der Waals surface area contributed by atoms with Gasteiger partial charge in [0.1, 0.15) is 5.75 Å². The number of carbonyl (C=O) groups excluding carboxylic acids is 1. The molecule has 0 saturated carbocycles. The fourth-order valence-corrected chi connectivity index (χ4v) is 2.96. The summed E-state index contributed by atoms with van der Waals surface area (Å²) < 4.78 is 5.48. The van der Waals surface area contributed by atoms with Crippen LogP contribution in [-0.4, -0.2) is 34.3 Å². The summed E-state index contributed by atoms with van der Waals surface area (Å²) in [4.78, 5) is 14.4. The topological polar surface area (TPSA) is 70.2 Å². The Morgan fingerprint density at radius 3 is 2.91 bits per heavy atom. The van der Waals surface area contributed by atoms with E-state index in [0.29, 0.717) is 13.2 Å². The van der Waals surface area contributed by atoms with Gasteiger partial charge in [0.25, 0.3) is 0 Å². The molecule has 1 aromatic heterocycles. The van der Waals surface area contributed by atoms with Crippen molar-refractivity contribution in [2.45, 2.75) is 32.4 Å². The van der Waals surface area contributed by atoms with Crippen molar-refractivity contribution in [1.82, 2.24) is 20.4 Å². The van der Waals surface area contributed by atoms with Crippen molar-refractivity contribution in [2.24, 2.45) is 0 Å². The van der Waals surface area contributed by atoms with Crippen molar-refractivity contribution in [1.29, 1.82) is 0 Å². The van der Waals surface area contributed by atoms with Crippen LogP contribution in [0.3, 0.4) is 0 Å². The Morgan fingerprint density at radius 1 is 1.39 bits per heavy atom. The fraction of sp³-hybridized carbons (Fsp3) is 0.412. The number of aromatic amines is 1. The number of aromatic nitrogens is 2. The van der Waals surface area contributed by atoms with Gasteiger partial charge in [-0.2, -0.15) is 5.10 Å². The van der Waals surface area contributed by atoms with Gasteiger partial charge in [0.15, 0.2) is 0 Å². The minimum atomic E-state index is -0.0315. The second-order valence-electron chi connectivity index (χ2n) is 5.59. The third-order valence-corrected chi connectivity index (χ3v) is 4.08. The third-order valence-electron chi connectivity index (χ3n) is 4.08. The van der Waals surface area contributed by atoms with Crippen LogP contribution in [0.25, 0.3) is 0 Å². The summed E-state index contributed by atoms with van der Waals surface area (Å²) in [6.07, 6.45) is 3.70. The van der Waals surface area contributed by atoms with Crippen molar-refractivity contribution < 1.29 is 9.53 Å². The number of likely N-dealkylation sites (tertiary alicyclic amines) is 1. The Hall–Kier alpha value is -2.50. The summed E-state index contributed by atoms with van der Waals surface area (Å²) in [6, 6.07) is 10.00. The van der Waals surface area contributed by atoms with Gasteiger partial charge in [-0.15, -0.1) is 0 Å². The predicted octanol–water partition coefficient (Wildman–Crippen LogP) is 2.86. The predicted molar refractivity (Wildman–Crippen MR) is 87.1 cm³/mol. The normalized spacial score (nSPS) is 17.3. The summed E-state index contributed by atoms with van der Waals surface area (Å²) >= 11 is 0. The molecule has 0 bridgehead atoms. The zero-order valence-electron chi connectivity index (χ0n) is 13.3. The number of H-pyrrole nitrogens is 1. The lowest BCUT2D eigenvalue weighted by Crippen LogP contribution is -2.39. The molecule has 2 N–H and O–H groups in total. The minimum Gasteiger partial charge on any atom is -0.494 e. The zero-order chi connectivity index (χ0) is 16.1. The first kappa shape index (κ1) is 15.4. The molecule has 2 aromatic rings. The summed E-state index contributed by atoms with van der Waals surface area (Å²) in [5.74, 6) is 0.865. The Bertz CT molecular complexity index is 625. The van der Waals surface area contributed by atoms with E-state index in [0.717, 1.165) is 36.4 Å². The molecule has 1 fully saturated rings. The maximum atomic E-state index is 12.4. The van der Waals surface area contributed by atoms with Crippen LogP contribution in [-0.2, 0) is 6.54 Å². The number of urea groups is 1. The Morgan fingerprint density at radius 2 is 2.22 bits per heavy atom. The van der Waals surface area contributed by atoms with E-state index in [-0.39, 0.29) is 12.1 Å². The lowest BCUT2D eigenvalue weighted by Gasteiger charge is -2.25. The number of hydrogen-bond donors (Lipinski definition) is 2. The molecule has 1 atom stereocenters. The molecule has 122 valence electrons. The molecule has 2 amide bonds. The van der Waals surface area contributed by atoms with Crippen molar-refractivity contribution >= 4 is 6.03 Å². The maximum Gasteiger partial charge on any atom is 0.318 e. The lowest BCUT2D eigenvalue weighted by molar-refractivity contribution is 0.192. The molecule has 0 aliphatic carbocycles. The van der Waals surface area contributed by atoms with E-state index in [2.05, 4.69) is 27.6 Å². The molecule has 3 rings (SSSR count). The Labute approximate surface area is 135 Å². The van der Waals surface area contributed by atoms with Crippen LogP contribution in [0.15, 0.2) is 36.5 Å². The molecule has 1 aliphatic heterocycles. The van der Waals surface area contributed by atoms with Crippen LogP contribution in [0.2, 0.25) is 0 Å². The van der Waals surface area contributed by atoms with Crippen molar-refractivity contribution in [3.63, 3.8) is 0 Å². The summed E-state index contributed by atoms with van der Waals surface area (Å²) in [7, 11) is 0. The summed E-state index contributed by atoms with van der Waals surface area (Å²) in [5, 5.41) is 9.68. The molecule has 1 aliphatic rings. The number of nitrogens with zero attached hydrogens (tertiary/aromatic N) is 2. The number of hydrogen-bond acceptors (Lipinski definition) is 3. The highest BCUT2D eigenvalue weighted by Crippen LogP contribution is 2.32. The zero-order valence-corrected chi connectivity index (χ0v) is 13.3. The summed E-state index contributed by atoms with van der Waals surface area (Å²) in [5.41, 5.74) is 2.05. The van der Waals surface area contributed by atoms with Crippen LogP contribution in [0.1, 0.15) is 37.1 Å². The largest absolute Gasteiger partial charge is 0.494 e. The monoisotopic (exact) mass is 314 g/mol. The molecule has 6 heteroatoms. The van der Waals surface area contributed by atoms with Crippen molar-refractivity contribution in [2.75, 3.05) is 13.2 Å². The average molecular weight is 314 g/mol. The first-order valence-electron chi connectivity index (χ1n) is 8.03. The molecule has 0 spiro atoms. The van der Waals surface area contributed by atoms with Crippen molar-refractivity contribution in [3.05, 3.63) is 47.8 Å². The minimum absolute atomic E-state index is 0.0315. The van der Waals surface area contributed by atoms with Gasteiger partial charge in [-0.25, -0.2) is 4.79 Å². The molecule has 2 heterocycles. The van der Waals surface area contributed by atoms with Crippen LogP contribution < -0.4 is 10.1 Å². The van der Waals surface area contributed by atoms with Crippen LogP contribution >= 0.6 is 0 Å². The number of amides is 2. The highest BCUT2D eigenvalue weighted by Gasteiger charge is 2.29. The van der Waals surface area contributed by atoms with Crippen molar-refractivity contribution in [3.8, 4) is 5.75 Å². The van der Waals surface area contributed by atoms with E-state index in [1.807, 2.05) is 30.0 Å². The number of nitrogens with one attached hydrogen (secondary N) is 2. The van der Waals surface area contributed by atoms with E-state index < -0.39 is 0 Å². The van der Waals surface area contributed by atoms with Crippen LogP contribution in [0.5, 0.6) is 5.75 Å². The van der Waals surface area contributed by atoms with Gasteiger partial charge in [0.2, 0.25) is 0 Å². The van der Waals surface area contributed by atoms with Gasteiger partial charge < -0.3 is 15.0 Å². The van der Waals surface area contributed by atoms with E-state index in [9.17, 15) is 4.79 Å². The van der Waals surface area contributed by atoms with E-state index >= 15 is 0 Å². The molecule has 0 radical (unpaired) electrons. The number of ether oxygens (including phenoxy) is 1. The quantitative estimate of drug-likeness (QED) is 0.891. The van der Waals surface area contributed by atoms with Crippen LogP contribution in [0, 0.1) is 0 Å². The van der Waals surface area contributed by atoms with Crippen LogP contribution in [0.4, 0.5) is 4.79 Å². The van der Waals surface area contributed by atoms with E-state index in [4.69, 9.17) is 4.74 Å². The first-order valence-corrected chi connectivity index (χ1v) is 8.03. The smallest absolute Gasteiger partial charge is 0.318 e. The number of carbonyl (C=O) groups is 1. The van der Waals surface area contributed by atoms with Gasteiger partial charge in [0.05, 0.1) is 24.9 Å². The second-order valence-corrected chi connectivity index (χ2v) is 5.59. The number of rotatable bonds is 5. The van der Waals surface area contributed by atoms with Gasteiger partial charge in [-0.05, 0) is 43.5 Å². The summed E-state index contributed by atoms with van der Waals surface area (Å²) in [6.45, 7) is 3.87. The molecule has 1 aromatic carbocycles. The number of benzene rings is 1. The Balaban J connectivity index is 1.63. The molecular formula is C17H22N4O2. The van der Waals surface area contributed by atoms with E-state index in [1.165, 1.54) is 0 Å². The standard InChI is InChI=1S/C17H22N4O2/c1-2-23-15-7-5-13(6-8-15)16-4-3-11-21(16)17(22)18-12-14-9-10-19-20-14/h5-10,16H,2-4,11-12H2,1H3,(H,18,22)(H,19,20)/t16-/m0/s1. The fourth-order valence-electron chi connectivity index (χ4n) is 2.96. The highest BCUT2D eigenvalue weighted by molar-refractivity contribution is 5.75. The second kappa shape index (κ2) is 7.17. The molecule has 23 heavy (non-hydrogen) atoms. The van der Waals surface area contributed by atoms with Gasteiger partial charge in [0, 0.05) is 12.7 Å². The maximum absolute atomic E-state index is 12.4. The van der Waals surface area contributed by atoms with Gasteiger partial charge in [-0.3, -0.25) is 5.10 Å². The Kier molecular flexibility index (Phi) is 4.80. The molecule has 1 saturated heterocycles. The van der Waals surface area contributed by atoms with Gasteiger partial charge >= 0.3 is 6.03 Å². The first-order chi connectivity index (χ1) is 11.3. The SMILES string of the molecule is CCOc1ccc([C@@H]2CCCN2C(=O)NCc2ccn[nH]2)cc1. The highest BCUT2D eigenvalue weighted by atomic mass is 16.5. The average Bonchev–Trinajstić information content (AvgIpc) is 3.25. The molecular weight excluding hydrogens is 292 g/mol. The molecule has 0 unspecified atom stereocenters. The van der Waals surface area contributed by atoms with E-state index in [1.54, 1.807) is 6.20 Å².